The van der Waals surface area contributed by atoms with Crippen molar-refractivity contribution in [2.45, 2.75) is 24.5 Å². The molecule has 0 bridgehead atoms. The number of hydrogen-bond donors (Lipinski definition) is 2. The van der Waals surface area contributed by atoms with Gasteiger partial charge in [-0.15, -0.1) is 0 Å². The maximum absolute atomic E-state index is 12.3. The van der Waals surface area contributed by atoms with Crippen LogP contribution in [0.3, 0.4) is 0 Å². The van der Waals surface area contributed by atoms with Gasteiger partial charge < -0.3 is 15.4 Å². The standard InChI is InChI=1S/C17H20N4O5S/c1-11(8-26-2)18-16(22)17(23)19-15-13-9-27(24,25)10-14(13)20-21(15)12-6-4-3-5-7-12/h3-7,11H,8-10H2,1-2H3,(H,18,22)(H,19,23)/t11-/m1/s1. The highest BCUT2D eigenvalue weighted by Crippen LogP contribution is 2.32. The van der Waals surface area contributed by atoms with E-state index in [2.05, 4.69) is 15.7 Å². The number of amides is 2. The number of carbonyl (C=O) groups is 2. The number of benzene rings is 1. The highest BCUT2D eigenvalue weighted by molar-refractivity contribution is 7.90. The lowest BCUT2D eigenvalue weighted by atomic mass is 10.2. The van der Waals surface area contributed by atoms with Crippen LogP contribution >= 0.6 is 0 Å². The van der Waals surface area contributed by atoms with Gasteiger partial charge in [0.25, 0.3) is 0 Å². The molecule has 0 unspecified atom stereocenters. The van der Waals surface area contributed by atoms with E-state index in [-0.39, 0.29) is 30.0 Å². The molecule has 144 valence electrons. The fraction of sp³-hybridized carbons (Fsp3) is 0.353. The summed E-state index contributed by atoms with van der Waals surface area (Å²) < 4.78 is 30.2. The minimum absolute atomic E-state index is 0.191. The number of ether oxygens (including phenoxy) is 1. The second-order valence-electron chi connectivity index (χ2n) is 6.34. The summed E-state index contributed by atoms with van der Waals surface area (Å²) >= 11 is 0. The molecule has 1 aliphatic rings. The number of anilines is 1. The largest absolute Gasteiger partial charge is 0.383 e. The lowest BCUT2D eigenvalue weighted by molar-refractivity contribution is -0.136. The third-order valence-electron chi connectivity index (χ3n) is 4.02. The molecule has 2 N–H and O–H groups in total. The number of para-hydroxylation sites is 1. The molecule has 1 aromatic heterocycles. The quantitative estimate of drug-likeness (QED) is 0.711. The van der Waals surface area contributed by atoms with Crippen LogP contribution < -0.4 is 10.6 Å². The molecular weight excluding hydrogens is 372 g/mol. The smallest absolute Gasteiger partial charge is 0.314 e. The molecule has 10 heteroatoms. The molecule has 3 rings (SSSR count). The molecule has 9 nitrogen and oxygen atoms in total. The van der Waals surface area contributed by atoms with E-state index in [0.717, 1.165) is 0 Å². The minimum atomic E-state index is -3.31. The van der Waals surface area contributed by atoms with E-state index in [4.69, 9.17) is 4.74 Å². The van der Waals surface area contributed by atoms with Gasteiger partial charge in [-0.05, 0) is 19.1 Å². The Balaban J connectivity index is 1.90. The summed E-state index contributed by atoms with van der Waals surface area (Å²) in [4.78, 5) is 24.4. The highest BCUT2D eigenvalue weighted by atomic mass is 32.2. The van der Waals surface area contributed by atoms with Crippen molar-refractivity contribution in [2.24, 2.45) is 0 Å². The van der Waals surface area contributed by atoms with Gasteiger partial charge >= 0.3 is 11.8 Å². The van der Waals surface area contributed by atoms with Gasteiger partial charge in [0.15, 0.2) is 9.84 Å². The zero-order valence-electron chi connectivity index (χ0n) is 14.9. The Kier molecular flexibility index (Phi) is 5.29. The first kappa shape index (κ1) is 19.1. The third-order valence-corrected chi connectivity index (χ3v) is 5.46. The van der Waals surface area contributed by atoms with E-state index in [1.807, 2.05) is 6.07 Å². The Bertz CT molecular complexity index is 969. The number of methoxy groups -OCH3 is 1. The Morgan fingerprint density at radius 3 is 2.59 bits per heavy atom. The number of sulfone groups is 1. The van der Waals surface area contributed by atoms with E-state index in [1.54, 1.807) is 31.2 Å². The molecule has 1 aromatic carbocycles. The Labute approximate surface area is 156 Å². The van der Waals surface area contributed by atoms with Crippen LogP contribution in [-0.2, 0) is 35.7 Å². The summed E-state index contributed by atoms with van der Waals surface area (Å²) in [6, 6.07) is 8.61. The van der Waals surface area contributed by atoms with Crippen LogP contribution in [0, 0.1) is 0 Å². The number of carbonyl (C=O) groups excluding carboxylic acids is 2. The van der Waals surface area contributed by atoms with Crippen molar-refractivity contribution in [3.05, 3.63) is 41.6 Å². The second kappa shape index (κ2) is 7.49. The van der Waals surface area contributed by atoms with Crippen molar-refractivity contribution >= 4 is 27.5 Å². The lowest BCUT2D eigenvalue weighted by Crippen LogP contribution is -2.42. The normalized spacial score (nSPS) is 15.8. The molecule has 2 aromatic rings. The first-order chi connectivity index (χ1) is 12.8. The molecule has 1 atom stereocenters. The summed E-state index contributed by atoms with van der Waals surface area (Å²) in [6.45, 7) is 1.96. The molecule has 0 radical (unpaired) electrons. The van der Waals surface area contributed by atoms with Gasteiger partial charge in [-0.3, -0.25) is 9.59 Å². The first-order valence-electron chi connectivity index (χ1n) is 8.28. The van der Waals surface area contributed by atoms with Crippen LogP contribution in [0.15, 0.2) is 30.3 Å². The molecule has 0 spiro atoms. The maximum atomic E-state index is 12.3. The van der Waals surface area contributed by atoms with Gasteiger partial charge in [0.1, 0.15) is 5.82 Å². The SMILES string of the molecule is COC[C@@H](C)NC(=O)C(=O)Nc1c2c(nn1-c1ccccc1)CS(=O)(=O)C2. The number of nitrogens with one attached hydrogen (secondary N) is 2. The average Bonchev–Trinajstić information content (AvgIpc) is 3.08. The van der Waals surface area contributed by atoms with Gasteiger partial charge in [-0.1, -0.05) is 18.2 Å². The van der Waals surface area contributed by atoms with Gasteiger partial charge in [0.05, 0.1) is 29.5 Å². The van der Waals surface area contributed by atoms with Crippen LogP contribution in [0.1, 0.15) is 18.2 Å². The third kappa shape index (κ3) is 4.17. The first-order valence-corrected chi connectivity index (χ1v) is 10.1. The predicted octanol–water partition coefficient (Wildman–Crippen LogP) is 0.390. The maximum Gasteiger partial charge on any atom is 0.314 e. The average molecular weight is 392 g/mol. The molecule has 0 fully saturated rings. The molecule has 2 heterocycles. The topological polar surface area (TPSA) is 119 Å². The van der Waals surface area contributed by atoms with Crippen molar-refractivity contribution in [3.8, 4) is 5.69 Å². The van der Waals surface area contributed by atoms with E-state index < -0.39 is 21.7 Å². The molecule has 2 amide bonds. The molecule has 0 aliphatic carbocycles. The summed E-state index contributed by atoms with van der Waals surface area (Å²) in [6.07, 6.45) is 0. The van der Waals surface area contributed by atoms with Crippen LogP contribution in [0.4, 0.5) is 5.82 Å². The summed E-state index contributed by atoms with van der Waals surface area (Å²) in [5.74, 6) is -1.97. The number of fused-ring (bicyclic) bond motifs is 1. The number of rotatable bonds is 5. The van der Waals surface area contributed by atoms with Gasteiger partial charge in [-0.25, -0.2) is 13.1 Å². The lowest BCUT2D eigenvalue weighted by Gasteiger charge is -2.14. The Morgan fingerprint density at radius 1 is 1.22 bits per heavy atom. The molecule has 0 saturated heterocycles. The van der Waals surface area contributed by atoms with Gasteiger partial charge in [0.2, 0.25) is 0 Å². The minimum Gasteiger partial charge on any atom is -0.383 e. The summed E-state index contributed by atoms with van der Waals surface area (Å²) in [5.41, 5.74) is 1.43. The van der Waals surface area contributed by atoms with Crippen molar-refractivity contribution in [3.63, 3.8) is 0 Å². The second-order valence-corrected chi connectivity index (χ2v) is 8.40. The Morgan fingerprint density at radius 2 is 1.93 bits per heavy atom. The molecular formula is C17H20N4O5S. The number of aromatic nitrogens is 2. The van der Waals surface area contributed by atoms with E-state index >= 15 is 0 Å². The molecule has 27 heavy (non-hydrogen) atoms. The van der Waals surface area contributed by atoms with E-state index in [1.165, 1.54) is 11.8 Å². The van der Waals surface area contributed by atoms with Gasteiger partial charge in [0, 0.05) is 18.7 Å². The Hall–Kier alpha value is -2.72. The van der Waals surface area contributed by atoms with Crippen LogP contribution in [0.25, 0.3) is 5.69 Å². The van der Waals surface area contributed by atoms with Crippen molar-refractivity contribution < 1.29 is 22.7 Å². The highest BCUT2D eigenvalue weighted by Gasteiger charge is 2.33. The number of hydrogen-bond acceptors (Lipinski definition) is 6. The van der Waals surface area contributed by atoms with E-state index in [9.17, 15) is 18.0 Å². The van der Waals surface area contributed by atoms with Gasteiger partial charge in [-0.2, -0.15) is 5.10 Å². The fourth-order valence-corrected chi connectivity index (χ4v) is 4.37. The van der Waals surface area contributed by atoms with Crippen molar-refractivity contribution in [2.75, 3.05) is 19.0 Å². The molecule has 1 aliphatic heterocycles. The van der Waals surface area contributed by atoms with E-state index in [0.29, 0.717) is 16.9 Å². The molecule has 0 saturated carbocycles. The summed E-state index contributed by atoms with van der Waals surface area (Å²) in [5, 5.41) is 9.36. The number of nitrogens with zero attached hydrogens (tertiary/aromatic N) is 2. The van der Waals surface area contributed by atoms with Crippen LogP contribution in [-0.4, -0.2) is 49.8 Å². The van der Waals surface area contributed by atoms with Crippen LogP contribution in [0.2, 0.25) is 0 Å². The van der Waals surface area contributed by atoms with Crippen molar-refractivity contribution in [1.82, 2.24) is 15.1 Å². The zero-order valence-corrected chi connectivity index (χ0v) is 15.7. The van der Waals surface area contributed by atoms with Crippen molar-refractivity contribution in [1.29, 1.82) is 0 Å². The fourth-order valence-electron chi connectivity index (χ4n) is 2.87. The predicted molar refractivity (Wildman–Crippen MR) is 98.0 cm³/mol. The monoisotopic (exact) mass is 392 g/mol. The van der Waals surface area contributed by atoms with Crippen LogP contribution in [0.5, 0.6) is 0 Å². The summed E-state index contributed by atoms with van der Waals surface area (Å²) in [7, 11) is -1.82. The zero-order chi connectivity index (χ0) is 19.6.